The summed E-state index contributed by atoms with van der Waals surface area (Å²) in [7, 11) is 0. The second kappa shape index (κ2) is 9.65. The molecule has 4 aliphatic rings. The predicted octanol–water partition coefficient (Wildman–Crippen LogP) is 5.11. The molecule has 0 radical (unpaired) electrons. The summed E-state index contributed by atoms with van der Waals surface area (Å²) in [4.78, 5) is 17.9. The van der Waals surface area contributed by atoms with Crippen molar-refractivity contribution in [2.75, 3.05) is 12.3 Å². The van der Waals surface area contributed by atoms with Gasteiger partial charge in [-0.1, -0.05) is 63.2 Å². The van der Waals surface area contributed by atoms with Crippen LogP contribution in [0.3, 0.4) is 0 Å². The van der Waals surface area contributed by atoms with Crippen LogP contribution in [0.25, 0.3) is 0 Å². The molecule has 150 valence electrons. The van der Waals surface area contributed by atoms with E-state index in [1.807, 2.05) is 11.8 Å². The Bertz CT molecular complexity index is 607. The molecule has 0 aromatic rings. The Morgan fingerprint density at radius 2 is 1.74 bits per heavy atom. The number of thioether (sulfide) groups is 1. The third-order valence-corrected chi connectivity index (χ3v) is 8.31. The molecule has 3 atom stereocenters. The number of rotatable bonds is 2. The molecule has 1 spiro atoms. The quantitative estimate of drug-likeness (QED) is 0.689. The van der Waals surface area contributed by atoms with Gasteiger partial charge in [-0.05, 0) is 31.3 Å². The molecule has 1 amide bonds. The maximum atomic E-state index is 13.2. The lowest BCUT2D eigenvalue weighted by atomic mass is 9.74. The summed E-state index contributed by atoms with van der Waals surface area (Å²) in [5, 5.41) is 3.47. The van der Waals surface area contributed by atoms with E-state index in [-0.39, 0.29) is 23.1 Å². The van der Waals surface area contributed by atoms with Crippen LogP contribution in [0, 0.1) is 11.8 Å². The van der Waals surface area contributed by atoms with Gasteiger partial charge < -0.3 is 5.32 Å². The number of hydrogen-bond donors (Lipinski definition) is 1. The van der Waals surface area contributed by atoms with E-state index in [1.165, 1.54) is 50.7 Å². The van der Waals surface area contributed by atoms with E-state index in [0.29, 0.717) is 17.9 Å². The standard InChI is InChI=1S/C22H32N2OS.ClH/c25-21(24-17-10-6-4-2-1-3-5-7-11-17)18-16-26-22-14-9-8-12-20(22)23-15-13-19(18)22;/h8-9,12,14,17-19H,1-7,10-11,13,15-16H2,(H,24,25);1H. The van der Waals surface area contributed by atoms with E-state index in [4.69, 9.17) is 4.99 Å². The number of nitrogens with zero attached hydrogens (tertiary/aromatic N) is 1. The largest absolute Gasteiger partial charge is 0.353 e. The number of amides is 1. The van der Waals surface area contributed by atoms with Crippen molar-refractivity contribution in [2.45, 2.75) is 75.0 Å². The summed E-state index contributed by atoms with van der Waals surface area (Å²) < 4.78 is -0.0364. The fourth-order valence-corrected chi connectivity index (χ4v) is 6.97. The minimum atomic E-state index is -0.0364. The number of allylic oxidation sites excluding steroid dienone is 3. The Balaban J connectivity index is 0.00000210. The monoisotopic (exact) mass is 408 g/mol. The van der Waals surface area contributed by atoms with Gasteiger partial charge in [-0.25, -0.2) is 0 Å². The van der Waals surface area contributed by atoms with Crippen LogP contribution >= 0.6 is 24.2 Å². The van der Waals surface area contributed by atoms with Crippen LogP contribution in [-0.4, -0.2) is 34.7 Å². The van der Waals surface area contributed by atoms with Gasteiger partial charge in [0.15, 0.2) is 0 Å². The van der Waals surface area contributed by atoms with E-state index in [1.54, 1.807) is 0 Å². The molecule has 3 unspecified atom stereocenters. The topological polar surface area (TPSA) is 41.5 Å². The van der Waals surface area contributed by atoms with Crippen molar-refractivity contribution in [3.63, 3.8) is 0 Å². The van der Waals surface area contributed by atoms with Crippen LogP contribution in [0.4, 0.5) is 0 Å². The number of aliphatic imine (C=N–C) groups is 1. The number of hydrogen-bond acceptors (Lipinski definition) is 3. The molecule has 2 heterocycles. The van der Waals surface area contributed by atoms with E-state index < -0.39 is 0 Å². The summed E-state index contributed by atoms with van der Waals surface area (Å²) >= 11 is 1.94. The van der Waals surface area contributed by atoms with Crippen molar-refractivity contribution in [1.82, 2.24) is 5.32 Å². The molecule has 1 saturated heterocycles. The SMILES string of the molecule is Cl.O=C(NC1CCCCCCCCC1)C1CSC23C=CC=CC2=NCCC13. The highest BCUT2D eigenvalue weighted by molar-refractivity contribution is 8.02. The zero-order valence-electron chi connectivity index (χ0n) is 16.2. The van der Waals surface area contributed by atoms with E-state index in [2.05, 4.69) is 29.6 Å². The number of nitrogens with one attached hydrogen (secondary N) is 1. The molecule has 0 aromatic heterocycles. The molecule has 5 heteroatoms. The van der Waals surface area contributed by atoms with Gasteiger partial charge in [0.05, 0.1) is 16.4 Å². The maximum absolute atomic E-state index is 13.2. The smallest absolute Gasteiger partial charge is 0.224 e. The van der Waals surface area contributed by atoms with Gasteiger partial charge in [0.1, 0.15) is 0 Å². The van der Waals surface area contributed by atoms with Gasteiger partial charge in [-0.3, -0.25) is 9.79 Å². The van der Waals surface area contributed by atoms with Gasteiger partial charge >= 0.3 is 0 Å². The molecular weight excluding hydrogens is 376 g/mol. The van der Waals surface area contributed by atoms with Crippen LogP contribution in [0.2, 0.25) is 0 Å². The molecule has 2 aliphatic heterocycles. The van der Waals surface area contributed by atoms with E-state index >= 15 is 0 Å². The van der Waals surface area contributed by atoms with Crippen molar-refractivity contribution in [3.8, 4) is 0 Å². The van der Waals surface area contributed by atoms with Crippen LogP contribution in [0.15, 0.2) is 29.3 Å². The minimum absolute atomic E-state index is 0. The molecule has 1 saturated carbocycles. The highest BCUT2D eigenvalue weighted by atomic mass is 35.5. The Morgan fingerprint density at radius 1 is 1.04 bits per heavy atom. The van der Waals surface area contributed by atoms with Crippen molar-refractivity contribution in [3.05, 3.63) is 24.3 Å². The van der Waals surface area contributed by atoms with E-state index in [0.717, 1.165) is 31.6 Å². The number of halogens is 1. The fraction of sp³-hybridized carbons (Fsp3) is 0.727. The summed E-state index contributed by atoms with van der Waals surface area (Å²) in [5.41, 5.74) is 1.19. The molecule has 2 fully saturated rings. The molecule has 3 nitrogen and oxygen atoms in total. The Kier molecular flexibility index (Phi) is 7.49. The van der Waals surface area contributed by atoms with Crippen molar-refractivity contribution < 1.29 is 4.79 Å². The van der Waals surface area contributed by atoms with Gasteiger partial charge in [-0.15, -0.1) is 24.2 Å². The van der Waals surface area contributed by atoms with Crippen molar-refractivity contribution >= 4 is 35.8 Å². The van der Waals surface area contributed by atoms with Gasteiger partial charge in [0.2, 0.25) is 5.91 Å². The van der Waals surface area contributed by atoms with Gasteiger partial charge in [0.25, 0.3) is 0 Å². The molecule has 0 aromatic carbocycles. The van der Waals surface area contributed by atoms with Crippen molar-refractivity contribution in [1.29, 1.82) is 0 Å². The van der Waals surface area contributed by atoms with Crippen molar-refractivity contribution in [2.24, 2.45) is 16.8 Å². The summed E-state index contributed by atoms with van der Waals surface area (Å²) in [6.45, 7) is 0.869. The number of carbonyl (C=O) groups excluding carboxylic acids is 1. The van der Waals surface area contributed by atoms with Crippen LogP contribution in [-0.2, 0) is 4.79 Å². The van der Waals surface area contributed by atoms with Crippen LogP contribution in [0.1, 0.15) is 64.2 Å². The molecule has 4 rings (SSSR count). The zero-order valence-corrected chi connectivity index (χ0v) is 17.8. The zero-order chi connectivity index (χ0) is 17.8. The Morgan fingerprint density at radius 3 is 2.48 bits per heavy atom. The average molecular weight is 409 g/mol. The lowest BCUT2D eigenvalue weighted by molar-refractivity contribution is -0.126. The molecule has 2 aliphatic carbocycles. The molecule has 1 N–H and O–H groups in total. The van der Waals surface area contributed by atoms with Crippen LogP contribution in [0.5, 0.6) is 0 Å². The Labute approximate surface area is 174 Å². The number of carbonyl (C=O) groups is 1. The third kappa shape index (κ3) is 4.48. The highest BCUT2D eigenvalue weighted by Crippen LogP contribution is 2.52. The molecule has 27 heavy (non-hydrogen) atoms. The molecular formula is C22H33ClN2OS. The second-order valence-corrected chi connectivity index (χ2v) is 9.65. The van der Waals surface area contributed by atoms with Crippen LogP contribution < -0.4 is 5.32 Å². The first-order valence-corrected chi connectivity index (χ1v) is 11.6. The van der Waals surface area contributed by atoms with Gasteiger partial charge in [0, 0.05) is 18.3 Å². The summed E-state index contributed by atoms with van der Waals surface area (Å²) in [6, 6.07) is 0.390. The summed E-state index contributed by atoms with van der Waals surface area (Å²) in [6.07, 6.45) is 21.4. The first-order chi connectivity index (χ1) is 12.8. The summed E-state index contributed by atoms with van der Waals surface area (Å²) in [5.74, 6) is 1.78. The average Bonchev–Trinajstić information content (AvgIpc) is 3.05. The van der Waals surface area contributed by atoms with E-state index in [9.17, 15) is 4.79 Å². The lowest BCUT2D eigenvalue weighted by Crippen LogP contribution is -2.48. The third-order valence-electron chi connectivity index (χ3n) is 6.66. The van der Waals surface area contributed by atoms with Gasteiger partial charge in [-0.2, -0.15) is 0 Å². The maximum Gasteiger partial charge on any atom is 0.224 e. The first-order valence-electron chi connectivity index (χ1n) is 10.6. The minimum Gasteiger partial charge on any atom is -0.353 e. The normalized spacial score (nSPS) is 34.0. The lowest BCUT2D eigenvalue weighted by Gasteiger charge is -2.38. The molecule has 0 bridgehead atoms. The predicted molar refractivity (Wildman–Crippen MR) is 118 cm³/mol. The fourth-order valence-electron chi connectivity index (χ4n) is 5.18. The second-order valence-electron chi connectivity index (χ2n) is 8.35. The Hall–Kier alpha value is -0.740. The first kappa shape index (κ1) is 21.0. The highest BCUT2D eigenvalue weighted by Gasteiger charge is 2.54.